The number of amides is 3. The van der Waals surface area contributed by atoms with Gasteiger partial charge in [-0.15, -0.1) is 0 Å². The zero-order valence-corrected chi connectivity index (χ0v) is 21.3. The Kier molecular flexibility index (Phi) is 9.82. The molecule has 1 aliphatic heterocycles. The molecule has 210 valence electrons. The zero-order chi connectivity index (χ0) is 28.7. The fourth-order valence-electron chi connectivity index (χ4n) is 4.12. The molecule has 0 radical (unpaired) electrons. The van der Waals surface area contributed by atoms with Gasteiger partial charge in [0.15, 0.2) is 0 Å². The van der Waals surface area contributed by atoms with Crippen LogP contribution in [-0.4, -0.2) is 83.4 Å². The predicted molar refractivity (Wildman–Crippen MR) is 139 cm³/mol. The molecule has 0 unspecified atom stereocenters. The summed E-state index contributed by atoms with van der Waals surface area (Å²) >= 11 is 0. The number of carbonyl (C=O) groups excluding carboxylic acids is 4. The lowest BCUT2D eigenvalue weighted by Gasteiger charge is -2.25. The molecule has 10 N–H and O–H groups in total. The normalized spacial score (nSPS) is 20.5. The zero-order valence-electron chi connectivity index (χ0n) is 21.3. The number of aliphatic hydroxyl groups is 1. The van der Waals surface area contributed by atoms with Crippen LogP contribution in [0.25, 0.3) is 11.1 Å². The second kappa shape index (κ2) is 13.0. The Balaban J connectivity index is 2.08. The standard InChI is InChI=1S/C26H33N5O8/c1-39-23(35)12-29-25(37)19-9-16-7-14(3-5-22(16)34)13-2-4-21(33)15(6-13)8-18(28)24(36)30-20(26(38)31-19)10-17(32)11-27/h2-7,17-20,32-34H,8-12,27-28H2,1H3,(H,29,37)(H,30,36)(H,31,38)/t17-,18+,19+,20+/m1/s1. The number of aliphatic hydroxyl groups excluding tert-OH is 1. The monoisotopic (exact) mass is 543 g/mol. The maximum atomic E-state index is 13.3. The number of nitrogens with one attached hydrogen (secondary N) is 3. The Labute approximate surface area is 224 Å². The largest absolute Gasteiger partial charge is 0.508 e. The fraction of sp³-hybridized carbons (Fsp3) is 0.385. The van der Waals surface area contributed by atoms with Crippen LogP contribution in [0.15, 0.2) is 36.4 Å². The van der Waals surface area contributed by atoms with E-state index in [4.69, 9.17) is 11.5 Å². The molecular formula is C26H33N5O8. The number of rotatable bonds is 6. The lowest BCUT2D eigenvalue weighted by Crippen LogP contribution is -2.57. The van der Waals surface area contributed by atoms with E-state index in [-0.39, 0.29) is 37.3 Å². The number of phenols is 2. The van der Waals surface area contributed by atoms with Gasteiger partial charge >= 0.3 is 5.97 Å². The summed E-state index contributed by atoms with van der Waals surface area (Å²) in [4.78, 5) is 50.8. The van der Waals surface area contributed by atoms with Gasteiger partial charge in [-0.1, -0.05) is 12.1 Å². The summed E-state index contributed by atoms with van der Waals surface area (Å²) in [6, 6.07) is 5.63. The molecule has 13 heteroatoms. The molecular weight excluding hydrogens is 510 g/mol. The highest BCUT2D eigenvalue weighted by atomic mass is 16.5. The summed E-state index contributed by atoms with van der Waals surface area (Å²) in [5.41, 5.74) is 13.5. The molecule has 2 aromatic carbocycles. The summed E-state index contributed by atoms with van der Waals surface area (Å²) in [5.74, 6) is -3.26. The minimum atomic E-state index is -1.33. The van der Waals surface area contributed by atoms with Gasteiger partial charge in [0.2, 0.25) is 17.7 Å². The molecule has 0 aromatic heterocycles. The molecule has 39 heavy (non-hydrogen) atoms. The van der Waals surface area contributed by atoms with Crippen LogP contribution < -0.4 is 27.4 Å². The number of fused-ring (bicyclic) bond motifs is 5. The second-order valence-electron chi connectivity index (χ2n) is 9.24. The van der Waals surface area contributed by atoms with E-state index in [9.17, 15) is 34.5 Å². The van der Waals surface area contributed by atoms with Crippen molar-refractivity contribution in [1.29, 1.82) is 0 Å². The van der Waals surface area contributed by atoms with Crippen LogP contribution in [0.1, 0.15) is 17.5 Å². The Morgan fingerprint density at radius 2 is 1.62 bits per heavy atom. The Hall–Kier alpha value is -4.20. The van der Waals surface area contributed by atoms with E-state index in [2.05, 4.69) is 20.7 Å². The third-order valence-electron chi connectivity index (χ3n) is 6.37. The molecule has 4 bridgehead atoms. The van der Waals surface area contributed by atoms with Crippen LogP contribution in [-0.2, 0) is 36.8 Å². The number of aromatic hydroxyl groups is 2. The number of hydrogen-bond acceptors (Lipinski definition) is 10. The molecule has 0 saturated carbocycles. The highest BCUT2D eigenvalue weighted by Crippen LogP contribution is 2.30. The van der Waals surface area contributed by atoms with Gasteiger partial charge in [0.25, 0.3) is 0 Å². The second-order valence-corrected chi connectivity index (χ2v) is 9.24. The van der Waals surface area contributed by atoms with E-state index in [1.54, 1.807) is 24.3 Å². The molecule has 13 nitrogen and oxygen atoms in total. The quantitative estimate of drug-likeness (QED) is 0.190. The molecule has 3 amide bonds. The Bertz CT molecular complexity index is 1240. The number of hydrogen-bond donors (Lipinski definition) is 8. The highest BCUT2D eigenvalue weighted by Gasteiger charge is 2.31. The highest BCUT2D eigenvalue weighted by molar-refractivity contribution is 5.94. The third-order valence-corrected chi connectivity index (χ3v) is 6.37. The Morgan fingerprint density at radius 3 is 2.18 bits per heavy atom. The van der Waals surface area contributed by atoms with Crippen molar-refractivity contribution in [2.45, 2.75) is 43.5 Å². The molecule has 4 atom stereocenters. The number of phenolic OH excluding ortho intramolecular Hbond substituents is 2. The average Bonchev–Trinajstić information content (AvgIpc) is 2.92. The van der Waals surface area contributed by atoms with Gasteiger partial charge in [0.1, 0.15) is 30.1 Å². The lowest BCUT2D eigenvalue weighted by molar-refractivity contribution is -0.141. The van der Waals surface area contributed by atoms with Gasteiger partial charge in [-0.3, -0.25) is 19.2 Å². The topological polar surface area (TPSA) is 226 Å². The number of benzene rings is 2. The van der Waals surface area contributed by atoms with Gasteiger partial charge in [-0.05, 0) is 46.5 Å². The summed E-state index contributed by atoms with van der Waals surface area (Å²) in [7, 11) is 1.15. The van der Waals surface area contributed by atoms with Crippen LogP contribution in [0.2, 0.25) is 0 Å². The van der Waals surface area contributed by atoms with Crippen molar-refractivity contribution in [1.82, 2.24) is 16.0 Å². The number of esters is 1. The van der Waals surface area contributed by atoms with Crippen molar-refractivity contribution in [3.63, 3.8) is 0 Å². The van der Waals surface area contributed by atoms with Crippen LogP contribution in [0.4, 0.5) is 0 Å². The average molecular weight is 544 g/mol. The number of ether oxygens (including phenoxy) is 1. The first-order valence-electron chi connectivity index (χ1n) is 12.3. The van der Waals surface area contributed by atoms with E-state index in [0.29, 0.717) is 22.3 Å². The lowest BCUT2D eigenvalue weighted by atomic mass is 9.95. The molecule has 0 fully saturated rings. The van der Waals surface area contributed by atoms with E-state index in [1.807, 2.05) is 0 Å². The van der Waals surface area contributed by atoms with E-state index in [1.165, 1.54) is 12.1 Å². The van der Waals surface area contributed by atoms with Crippen LogP contribution in [0, 0.1) is 0 Å². The molecule has 0 spiro atoms. The van der Waals surface area contributed by atoms with E-state index in [0.717, 1.165) is 7.11 Å². The molecule has 0 aliphatic carbocycles. The summed E-state index contributed by atoms with van der Waals surface area (Å²) in [6.45, 7) is -0.666. The van der Waals surface area contributed by atoms with Crippen molar-refractivity contribution in [3.8, 4) is 22.6 Å². The van der Waals surface area contributed by atoms with Crippen LogP contribution >= 0.6 is 0 Å². The maximum Gasteiger partial charge on any atom is 0.325 e. The smallest absolute Gasteiger partial charge is 0.325 e. The summed E-state index contributed by atoms with van der Waals surface area (Å²) < 4.78 is 4.54. The fourth-order valence-corrected chi connectivity index (χ4v) is 4.12. The van der Waals surface area contributed by atoms with E-state index >= 15 is 0 Å². The number of nitrogens with two attached hydrogens (primary N) is 2. The molecule has 1 aliphatic rings. The minimum absolute atomic E-state index is 0.0667. The van der Waals surface area contributed by atoms with Crippen LogP contribution in [0.5, 0.6) is 11.5 Å². The number of carbonyl (C=O) groups is 4. The first kappa shape index (κ1) is 29.4. The van der Waals surface area contributed by atoms with Gasteiger partial charge in [-0.2, -0.15) is 0 Å². The van der Waals surface area contributed by atoms with Crippen LogP contribution in [0.3, 0.4) is 0 Å². The first-order chi connectivity index (χ1) is 18.5. The van der Waals surface area contributed by atoms with Crippen molar-refractivity contribution < 1.29 is 39.2 Å². The van der Waals surface area contributed by atoms with Crippen molar-refractivity contribution in [2.75, 3.05) is 20.2 Å². The predicted octanol–water partition coefficient (Wildman–Crippen LogP) is -1.84. The molecule has 3 rings (SSSR count). The minimum Gasteiger partial charge on any atom is -0.508 e. The first-order valence-corrected chi connectivity index (χ1v) is 12.3. The third kappa shape index (κ3) is 7.66. The summed E-state index contributed by atoms with van der Waals surface area (Å²) in [6.07, 6.45) is -1.70. The molecule has 1 heterocycles. The number of methoxy groups -OCH3 is 1. The molecule has 0 saturated heterocycles. The van der Waals surface area contributed by atoms with Crippen molar-refractivity contribution in [2.24, 2.45) is 11.5 Å². The molecule has 2 aromatic rings. The maximum absolute atomic E-state index is 13.3. The SMILES string of the molecule is COC(=O)CNC(=O)[C@@H]1Cc2cc(ccc2O)-c2ccc(O)c(c2)C[C@H](N)C(=O)N[C@@H](C[C@@H](O)CN)C(=O)N1. The van der Waals surface area contributed by atoms with Gasteiger partial charge in [0.05, 0.1) is 19.3 Å². The van der Waals surface area contributed by atoms with E-state index < -0.39 is 54.5 Å². The summed E-state index contributed by atoms with van der Waals surface area (Å²) in [5, 5.41) is 38.4. The van der Waals surface area contributed by atoms with Crippen molar-refractivity contribution >= 4 is 23.7 Å². The Morgan fingerprint density at radius 1 is 1.03 bits per heavy atom. The van der Waals surface area contributed by atoms with Gasteiger partial charge in [-0.25, -0.2) is 0 Å². The van der Waals surface area contributed by atoms with Gasteiger partial charge < -0.3 is 47.5 Å². The van der Waals surface area contributed by atoms with Gasteiger partial charge in [0, 0.05) is 25.8 Å². The van der Waals surface area contributed by atoms with Crippen molar-refractivity contribution in [3.05, 3.63) is 47.5 Å².